The van der Waals surface area contributed by atoms with E-state index >= 15 is 0 Å². The molecule has 0 aromatic carbocycles. The molecule has 0 fully saturated rings. The van der Waals surface area contributed by atoms with E-state index in [1.54, 1.807) is 6.92 Å². The zero-order chi connectivity index (χ0) is 12.3. The molecule has 1 rings (SSSR count). The summed E-state index contributed by atoms with van der Waals surface area (Å²) >= 11 is 5.50. The highest BCUT2D eigenvalue weighted by Crippen LogP contribution is 2.26. The lowest BCUT2D eigenvalue weighted by Crippen LogP contribution is -2.32. The van der Waals surface area contributed by atoms with Gasteiger partial charge in [-0.2, -0.15) is 8.78 Å². The lowest BCUT2D eigenvalue weighted by molar-refractivity contribution is -0.138. The van der Waals surface area contributed by atoms with Gasteiger partial charge < -0.3 is 0 Å². The van der Waals surface area contributed by atoms with Crippen LogP contribution >= 0.6 is 11.6 Å². The van der Waals surface area contributed by atoms with Gasteiger partial charge in [-0.1, -0.05) is 6.92 Å². The van der Waals surface area contributed by atoms with Crippen LogP contribution in [-0.2, 0) is 13.0 Å². The van der Waals surface area contributed by atoms with Gasteiger partial charge in [-0.25, -0.2) is 8.78 Å². The van der Waals surface area contributed by atoms with Gasteiger partial charge in [0.15, 0.2) is 0 Å². The molecule has 0 unspecified atom stereocenters. The topological polar surface area (TPSA) is 30.7 Å². The quantitative estimate of drug-likeness (QED) is 0.762. The summed E-state index contributed by atoms with van der Waals surface area (Å²) < 4.78 is 50.5. The largest absolute Gasteiger partial charge is 0.325 e. The SMILES string of the molecule is CCCc1nnc(Cl)n1CC(F)(F)C(F)F. The molecule has 0 radical (unpaired) electrons. The van der Waals surface area contributed by atoms with Crippen LogP contribution in [0, 0.1) is 0 Å². The van der Waals surface area contributed by atoms with Crippen molar-refractivity contribution in [3.63, 3.8) is 0 Å². The van der Waals surface area contributed by atoms with Crippen molar-refractivity contribution >= 4 is 11.6 Å². The fourth-order valence-corrected chi connectivity index (χ4v) is 1.35. The smallest absolute Gasteiger partial charge is 0.295 e. The number of aromatic nitrogens is 3. The molecule has 3 nitrogen and oxygen atoms in total. The van der Waals surface area contributed by atoms with E-state index in [9.17, 15) is 17.6 Å². The average Bonchev–Trinajstić information content (AvgIpc) is 2.50. The van der Waals surface area contributed by atoms with Crippen LogP contribution in [0.15, 0.2) is 0 Å². The normalized spacial score (nSPS) is 12.4. The first-order valence-electron chi connectivity index (χ1n) is 4.62. The third-order valence-electron chi connectivity index (χ3n) is 1.94. The number of hydrogen-bond donors (Lipinski definition) is 0. The van der Waals surface area contributed by atoms with Gasteiger partial charge in [0.25, 0.3) is 0 Å². The molecule has 16 heavy (non-hydrogen) atoms. The Morgan fingerprint density at radius 1 is 1.38 bits per heavy atom. The average molecular weight is 260 g/mol. The van der Waals surface area contributed by atoms with Crippen LogP contribution in [0.4, 0.5) is 17.6 Å². The molecule has 92 valence electrons. The molecule has 0 aliphatic heterocycles. The van der Waals surface area contributed by atoms with Crippen LogP contribution in [0.5, 0.6) is 0 Å². The van der Waals surface area contributed by atoms with E-state index < -0.39 is 18.9 Å². The zero-order valence-corrected chi connectivity index (χ0v) is 9.19. The number of hydrogen-bond acceptors (Lipinski definition) is 2. The van der Waals surface area contributed by atoms with Gasteiger partial charge in [-0.3, -0.25) is 4.57 Å². The molecule has 0 atom stereocenters. The van der Waals surface area contributed by atoms with Gasteiger partial charge in [-0.05, 0) is 18.0 Å². The zero-order valence-electron chi connectivity index (χ0n) is 8.43. The van der Waals surface area contributed by atoms with Crippen molar-refractivity contribution in [2.75, 3.05) is 0 Å². The fraction of sp³-hybridized carbons (Fsp3) is 0.750. The lowest BCUT2D eigenvalue weighted by atomic mass is 10.3. The molecule has 1 aromatic rings. The van der Waals surface area contributed by atoms with Crippen molar-refractivity contribution in [3.05, 3.63) is 11.1 Å². The van der Waals surface area contributed by atoms with E-state index in [0.29, 0.717) is 12.8 Å². The first-order valence-corrected chi connectivity index (χ1v) is 4.99. The van der Waals surface area contributed by atoms with Crippen LogP contribution < -0.4 is 0 Å². The highest BCUT2D eigenvalue weighted by molar-refractivity contribution is 6.28. The summed E-state index contributed by atoms with van der Waals surface area (Å²) in [6, 6.07) is 0. The van der Waals surface area contributed by atoms with E-state index in [1.807, 2.05) is 0 Å². The van der Waals surface area contributed by atoms with Gasteiger partial charge in [0.2, 0.25) is 5.28 Å². The summed E-state index contributed by atoms with van der Waals surface area (Å²) in [7, 11) is 0. The molecule has 0 aliphatic rings. The summed E-state index contributed by atoms with van der Waals surface area (Å²) in [5, 5.41) is 6.63. The summed E-state index contributed by atoms with van der Waals surface area (Å²) in [5.41, 5.74) is 0. The summed E-state index contributed by atoms with van der Waals surface area (Å²) in [6.07, 6.45) is -2.74. The van der Waals surface area contributed by atoms with Crippen molar-refractivity contribution in [1.82, 2.24) is 14.8 Å². The van der Waals surface area contributed by atoms with Crippen molar-refractivity contribution in [2.45, 2.75) is 38.7 Å². The van der Waals surface area contributed by atoms with E-state index in [1.165, 1.54) is 0 Å². The number of alkyl halides is 4. The van der Waals surface area contributed by atoms with E-state index in [4.69, 9.17) is 11.6 Å². The molecule has 0 saturated carbocycles. The predicted molar refractivity (Wildman–Crippen MR) is 50.0 cm³/mol. The van der Waals surface area contributed by atoms with Gasteiger partial charge in [0, 0.05) is 6.42 Å². The monoisotopic (exact) mass is 259 g/mol. The highest BCUT2D eigenvalue weighted by atomic mass is 35.5. The van der Waals surface area contributed by atoms with Crippen LogP contribution in [-0.4, -0.2) is 27.1 Å². The molecule has 0 N–H and O–H groups in total. The van der Waals surface area contributed by atoms with Gasteiger partial charge >= 0.3 is 12.3 Å². The Hall–Kier alpha value is -0.850. The third-order valence-corrected chi connectivity index (χ3v) is 2.22. The maximum atomic E-state index is 12.8. The Labute approximate surface area is 94.4 Å². The summed E-state index contributed by atoms with van der Waals surface area (Å²) in [4.78, 5) is 0. The third kappa shape index (κ3) is 2.84. The second-order valence-corrected chi connectivity index (χ2v) is 3.62. The molecule has 0 saturated heterocycles. The standard InChI is InChI=1S/C8H10ClF4N3/c1-2-3-5-14-15-7(9)16(5)4-8(12,13)6(10)11/h6H,2-4H2,1H3. The maximum absolute atomic E-state index is 12.8. The number of aryl methyl sites for hydroxylation is 1. The first-order chi connectivity index (χ1) is 7.38. The minimum atomic E-state index is -4.13. The summed E-state index contributed by atoms with van der Waals surface area (Å²) in [5.74, 6) is -3.94. The molecular weight excluding hydrogens is 250 g/mol. The van der Waals surface area contributed by atoms with Crippen LogP contribution in [0.1, 0.15) is 19.2 Å². The molecule has 0 spiro atoms. The Morgan fingerprint density at radius 3 is 2.50 bits per heavy atom. The Balaban J connectivity index is 2.91. The van der Waals surface area contributed by atoms with Gasteiger partial charge in [0.05, 0.1) is 6.54 Å². The van der Waals surface area contributed by atoms with Gasteiger partial charge in [0.1, 0.15) is 5.82 Å². The van der Waals surface area contributed by atoms with Crippen molar-refractivity contribution in [2.24, 2.45) is 0 Å². The van der Waals surface area contributed by atoms with Crippen molar-refractivity contribution in [1.29, 1.82) is 0 Å². The molecule has 0 aliphatic carbocycles. The van der Waals surface area contributed by atoms with Crippen LogP contribution in [0.3, 0.4) is 0 Å². The number of nitrogens with zero attached hydrogens (tertiary/aromatic N) is 3. The molecule has 0 amide bonds. The Bertz CT molecular complexity index is 353. The molecule has 8 heteroatoms. The minimum absolute atomic E-state index is 0.188. The van der Waals surface area contributed by atoms with E-state index in [0.717, 1.165) is 4.57 Å². The second-order valence-electron chi connectivity index (χ2n) is 3.28. The van der Waals surface area contributed by atoms with Gasteiger partial charge in [-0.15, -0.1) is 10.2 Å². The number of rotatable bonds is 5. The molecule has 0 bridgehead atoms. The fourth-order valence-electron chi connectivity index (χ4n) is 1.16. The minimum Gasteiger partial charge on any atom is -0.295 e. The van der Waals surface area contributed by atoms with E-state index in [-0.39, 0.29) is 11.1 Å². The Kier molecular flexibility index (Phi) is 4.12. The predicted octanol–water partition coefficient (Wildman–Crippen LogP) is 2.78. The number of halogens is 5. The highest BCUT2D eigenvalue weighted by Gasteiger charge is 2.42. The van der Waals surface area contributed by atoms with Crippen LogP contribution in [0.25, 0.3) is 0 Å². The van der Waals surface area contributed by atoms with Crippen molar-refractivity contribution in [3.8, 4) is 0 Å². The molecular formula is C8H10ClF4N3. The lowest BCUT2D eigenvalue weighted by Gasteiger charge is -2.17. The maximum Gasteiger partial charge on any atom is 0.325 e. The van der Waals surface area contributed by atoms with Crippen molar-refractivity contribution < 1.29 is 17.6 Å². The first kappa shape index (κ1) is 13.2. The molecule has 1 aromatic heterocycles. The summed E-state index contributed by atoms with van der Waals surface area (Å²) in [6.45, 7) is 0.601. The molecule has 1 heterocycles. The second kappa shape index (κ2) is 4.99. The Morgan fingerprint density at radius 2 is 2.00 bits per heavy atom. The van der Waals surface area contributed by atoms with E-state index in [2.05, 4.69) is 10.2 Å². The van der Waals surface area contributed by atoms with Crippen LogP contribution in [0.2, 0.25) is 5.28 Å².